The van der Waals surface area contributed by atoms with Crippen molar-refractivity contribution in [1.82, 2.24) is 0 Å². The number of allylic oxidation sites excluding steroid dienone is 2. The fourth-order valence-corrected chi connectivity index (χ4v) is 23.0. The molecule has 10 heteroatoms. The Bertz CT molecular complexity index is 4660. The molecular formula is C91H96N4O2S4. The van der Waals surface area contributed by atoms with E-state index in [-0.39, 0.29) is 16.9 Å². The first kappa shape index (κ1) is 70.0. The third-order valence-electron chi connectivity index (χ3n) is 22.4. The summed E-state index contributed by atoms with van der Waals surface area (Å²) >= 11 is 7.83. The molecule has 0 amide bonds. The van der Waals surface area contributed by atoms with Gasteiger partial charge in [-0.3, -0.25) is 0 Å². The van der Waals surface area contributed by atoms with Crippen LogP contribution in [0.1, 0.15) is 250 Å². The summed E-state index contributed by atoms with van der Waals surface area (Å²) < 4.78 is 15.5. The highest BCUT2D eigenvalue weighted by atomic mass is 32.1. The first-order chi connectivity index (χ1) is 49.5. The van der Waals surface area contributed by atoms with Gasteiger partial charge in [0.1, 0.15) is 35.1 Å². The van der Waals surface area contributed by atoms with Gasteiger partial charge in [0.05, 0.1) is 46.8 Å². The topological polar surface area (TPSA) is 93.1 Å². The predicted octanol–water partition coefficient (Wildman–Crippen LogP) is 25.1. The Morgan fingerprint density at radius 1 is 0.505 bits per heavy atom. The lowest BCUT2D eigenvalue weighted by Crippen LogP contribution is -2.34. The standard InChI is InChI=1S/C91H96N4O2S4/c1-8-12-16-20-26-60-32-41-67(42-33-60)90(68-43-34-61(35-44-68)27-21-17-13-9-2)76-55-71(49-40-65-54-64-30-24-52-95-53-25-31-73(80(64)95)81(65)96-7)98-83(76)85-78(90)87-88(100-85)79-86(101-87)84-77(56-72(99-84)50-51-75-74(59-94)82(66(57-92)58-93)97-89(75,5)6)91(79,69-45-36-62(37-46-69)28-22-18-14-10-3)70-47-38-63(39-48-70)29-23-19-15-11-4/h32-51,54-56H,8-31,52-53H2,1-7H3/b49-40+,51-50+. The molecule has 0 fully saturated rings. The van der Waals surface area contributed by atoms with Gasteiger partial charge in [0.2, 0.25) is 0 Å². The number of aryl methyl sites for hydroxylation is 5. The zero-order chi connectivity index (χ0) is 69.8. The van der Waals surface area contributed by atoms with Crippen LogP contribution in [0.25, 0.3) is 47.1 Å². The number of hydrogen-bond donors (Lipinski definition) is 0. The minimum absolute atomic E-state index is 0.0507. The fourth-order valence-electron chi connectivity index (χ4n) is 17.4. The number of benzene rings is 5. The fraction of sp³-hybridized carbons (Fsp3) is 0.396. The van der Waals surface area contributed by atoms with Crippen molar-refractivity contribution in [3.8, 4) is 43.5 Å². The van der Waals surface area contributed by atoms with E-state index in [9.17, 15) is 15.8 Å². The molecule has 14 rings (SSSR count). The smallest absolute Gasteiger partial charge is 0.172 e. The Hall–Kier alpha value is -8.01. The highest BCUT2D eigenvalue weighted by molar-refractivity contribution is 7.34. The van der Waals surface area contributed by atoms with Crippen LogP contribution in [0.4, 0.5) is 5.69 Å². The van der Waals surface area contributed by atoms with E-state index in [0.717, 1.165) is 68.7 Å². The molecule has 5 aliphatic rings. The molecule has 0 spiro atoms. The van der Waals surface area contributed by atoms with Crippen molar-refractivity contribution in [2.45, 2.75) is 212 Å². The van der Waals surface area contributed by atoms with E-state index < -0.39 is 16.4 Å². The van der Waals surface area contributed by atoms with Gasteiger partial charge < -0.3 is 14.4 Å². The summed E-state index contributed by atoms with van der Waals surface area (Å²) in [4.78, 5) is 10.2. The van der Waals surface area contributed by atoms with Crippen LogP contribution in [0, 0.1) is 34.0 Å². The zero-order valence-electron chi connectivity index (χ0n) is 60.4. The Morgan fingerprint density at radius 2 is 0.921 bits per heavy atom. The van der Waals surface area contributed by atoms with Crippen molar-refractivity contribution in [3.63, 3.8) is 0 Å². The van der Waals surface area contributed by atoms with Crippen molar-refractivity contribution in [2.75, 3.05) is 25.1 Å². The van der Waals surface area contributed by atoms with Gasteiger partial charge in [0, 0.05) is 56.4 Å². The van der Waals surface area contributed by atoms with E-state index in [2.05, 4.69) is 172 Å². The van der Waals surface area contributed by atoms with Crippen LogP contribution in [0.3, 0.4) is 0 Å². The maximum atomic E-state index is 10.7. The predicted molar refractivity (Wildman–Crippen MR) is 427 cm³/mol. The first-order valence-electron chi connectivity index (χ1n) is 38.0. The summed E-state index contributed by atoms with van der Waals surface area (Å²) in [6.45, 7) is 15.3. The lowest BCUT2D eigenvalue weighted by atomic mass is 9.67. The van der Waals surface area contributed by atoms with Gasteiger partial charge in [0.25, 0.3) is 0 Å². The van der Waals surface area contributed by atoms with E-state index in [1.807, 2.05) is 84.5 Å². The molecule has 5 aromatic carbocycles. The molecule has 3 aliphatic heterocycles. The van der Waals surface area contributed by atoms with Gasteiger partial charge >= 0.3 is 0 Å². The van der Waals surface area contributed by atoms with Gasteiger partial charge in [-0.2, -0.15) is 15.8 Å². The molecule has 4 aromatic heterocycles. The van der Waals surface area contributed by atoms with Crippen molar-refractivity contribution < 1.29 is 9.47 Å². The summed E-state index contributed by atoms with van der Waals surface area (Å²) in [6, 6.07) is 53.2. The lowest BCUT2D eigenvalue weighted by molar-refractivity contribution is 0.0954. The maximum Gasteiger partial charge on any atom is 0.172 e. The molecule has 0 saturated heterocycles. The molecule has 0 radical (unpaired) electrons. The average molecular weight is 1410 g/mol. The van der Waals surface area contributed by atoms with E-state index >= 15 is 0 Å². The minimum atomic E-state index is -0.954. The second-order valence-corrected chi connectivity index (χ2v) is 33.6. The highest BCUT2D eigenvalue weighted by Gasteiger charge is 2.55. The largest absolute Gasteiger partial charge is 0.496 e. The SMILES string of the molecule is CCCCCCc1ccc(C2(c3ccc(CCCCCC)cc3)c3cc(/C=C/C4=C(C#N)C(=C(C#N)C#N)OC4(C)C)sc3-c3sc4c5c(sc4c32)-c2sc(/C=C/c3cc4c6c(c3OC)CCCN6CCC4)cc2C5(c2ccc(CCCCCC)cc2)c2ccc(CCCCCC)cc2)cc1. The van der Waals surface area contributed by atoms with E-state index in [1.165, 1.54) is 232 Å². The Morgan fingerprint density at radius 3 is 1.32 bits per heavy atom. The van der Waals surface area contributed by atoms with Crippen molar-refractivity contribution >= 4 is 78.7 Å². The summed E-state index contributed by atoms with van der Waals surface area (Å²) in [5.74, 6) is 1.08. The van der Waals surface area contributed by atoms with Crippen LogP contribution in [0.2, 0.25) is 0 Å². The Kier molecular flexibility index (Phi) is 21.2. The van der Waals surface area contributed by atoms with Crippen LogP contribution in [-0.4, -0.2) is 25.8 Å². The van der Waals surface area contributed by atoms with Crippen molar-refractivity contribution in [2.24, 2.45) is 0 Å². The van der Waals surface area contributed by atoms with Crippen molar-refractivity contribution in [3.05, 3.63) is 237 Å². The third kappa shape index (κ3) is 12.8. The summed E-state index contributed by atoms with van der Waals surface area (Å²) in [5, 5.41) is 30.8. The van der Waals surface area contributed by atoms with Gasteiger partial charge in [0.15, 0.2) is 11.3 Å². The van der Waals surface area contributed by atoms with Crippen LogP contribution < -0.4 is 9.64 Å². The maximum absolute atomic E-state index is 10.7. The number of nitriles is 3. The van der Waals surface area contributed by atoms with Gasteiger partial charge in [-0.15, -0.1) is 45.3 Å². The van der Waals surface area contributed by atoms with E-state index in [0.29, 0.717) is 5.57 Å². The quantitative estimate of drug-likeness (QED) is 0.0343. The average Bonchev–Trinajstić information content (AvgIpc) is 1.49. The van der Waals surface area contributed by atoms with E-state index in [4.69, 9.17) is 9.47 Å². The summed E-state index contributed by atoms with van der Waals surface area (Å²) in [7, 11) is 1.87. The molecule has 9 aromatic rings. The Balaban J connectivity index is 1.02. The molecule has 0 N–H and O–H groups in total. The highest BCUT2D eigenvalue weighted by Crippen LogP contribution is 2.70. The molecule has 0 saturated carbocycles. The van der Waals surface area contributed by atoms with Crippen molar-refractivity contribution in [1.29, 1.82) is 15.8 Å². The summed E-state index contributed by atoms with van der Waals surface area (Å²) in [6.07, 6.45) is 37.2. The number of hydrogen-bond acceptors (Lipinski definition) is 10. The number of methoxy groups -OCH3 is 1. The lowest BCUT2D eigenvalue weighted by Gasteiger charge is -2.38. The molecule has 7 heterocycles. The third-order valence-corrected chi connectivity index (χ3v) is 27.5. The zero-order valence-corrected chi connectivity index (χ0v) is 63.7. The molecular weight excluding hydrogens is 1310 g/mol. The Labute approximate surface area is 617 Å². The second kappa shape index (κ2) is 30.5. The van der Waals surface area contributed by atoms with Gasteiger partial charge in [-0.1, -0.05) is 208 Å². The molecule has 101 heavy (non-hydrogen) atoms. The van der Waals surface area contributed by atoms with Crippen LogP contribution in [0.5, 0.6) is 5.75 Å². The normalized spacial score (nSPS) is 15.8. The van der Waals surface area contributed by atoms with Crippen LogP contribution in [0.15, 0.2) is 144 Å². The molecule has 0 unspecified atom stereocenters. The van der Waals surface area contributed by atoms with Gasteiger partial charge in [-0.05, 0) is 189 Å². The molecule has 516 valence electrons. The number of anilines is 1. The number of thiophene rings is 4. The molecule has 2 aliphatic carbocycles. The minimum Gasteiger partial charge on any atom is -0.496 e. The first-order valence-corrected chi connectivity index (χ1v) is 41.2. The molecule has 0 atom stereocenters. The molecule has 0 bridgehead atoms. The monoisotopic (exact) mass is 1400 g/mol. The van der Waals surface area contributed by atoms with Crippen LogP contribution >= 0.6 is 45.3 Å². The number of unbranched alkanes of at least 4 members (excludes halogenated alkanes) is 12. The van der Waals surface area contributed by atoms with Gasteiger partial charge in [-0.25, -0.2) is 0 Å². The number of ether oxygens (including phenoxy) is 2. The summed E-state index contributed by atoms with van der Waals surface area (Å²) in [5.41, 5.74) is 19.9. The number of rotatable bonds is 29. The number of fused-ring (bicyclic) bond motifs is 9. The molecule has 6 nitrogen and oxygen atoms in total. The second-order valence-electron chi connectivity index (χ2n) is 29.4. The van der Waals surface area contributed by atoms with E-state index in [1.54, 1.807) is 0 Å². The number of nitrogens with zero attached hydrogens (tertiary/aromatic N) is 4. The van der Waals surface area contributed by atoms with Crippen LogP contribution in [-0.2, 0) is 54.1 Å².